The highest BCUT2D eigenvalue weighted by atomic mass is 16.6. The third-order valence-corrected chi connectivity index (χ3v) is 3.16. The second-order valence-electron chi connectivity index (χ2n) is 4.16. The molecular weight excluding hydrogens is 236 g/mol. The molecule has 1 fully saturated rings. The van der Waals surface area contributed by atoms with Gasteiger partial charge in [-0.1, -0.05) is 13.8 Å². The molecular formula is C11H22N4O3. The van der Waals surface area contributed by atoms with Gasteiger partial charge < -0.3 is 14.5 Å². The SMILES string of the molecule is CCN(CC)CCOC(=O)N1CCN(N=O)CC1. The third kappa shape index (κ3) is 4.48. The van der Waals surface area contributed by atoms with Gasteiger partial charge in [-0.25, -0.2) is 4.79 Å². The molecule has 7 heteroatoms. The average molecular weight is 258 g/mol. The largest absolute Gasteiger partial charge is 0.448 e. The number of piperazine rings is 1. The van der Waals surface area contributed by atoms with Crippen molar-refractivity contribution in [1.82, 2.24) is 14.8 Å². The standard InChI is InChI=1S/C11H22N4O3/c1-3-13(4-2)9-10-18-11(16)14-5-7-15(12-17)8-6-14/h3-10H2,1-2H3. The number of carbonyl (C=O) groups is 1. The van der Waals surface area contributed by atoms with Crippen LogP contribution in [0.15, 0.2) is 5.29 Å². The number of amides is 1. The number of nitrogens with zero attached hydrogens (tertiary/aromatic N) is 4. The molecule has 1 rings (SSSR count). The molecule has 0 atom stereocenters. The second kappa shape index (κ2) is 7.86. The first-order valence-electron chi connectivity index (χ1n) is 6.43. The van der Waals surface area contributed by atoms with Gasteiger partial charge >= 0.3 is 6.09 Å². The van der Waals surface area contributed by atoms with E-state index in [2.05, 4.69) is 24.0 Å². The first-order valence-corrected chi connectivity index (χ1v) is 6.43. The zero-order valence-corrected chi connectivity index (χ0v) is 11.2. The van der Waals surface area contributed by atoms with Crippen molar-refractivity contribution in [2.24, 2.45) is 5.29 Å². The Morgan fingerprint density at radius 3 is 2.33 bits per heavy atom. The number of carbonyl (C=O) groups excluding carboxylic acids is 1. The normalized spacial score (nSPS) is 15.9. The molecule has 1 aliphatic heterocycles. The Kier molecular flexibility index (Phi) is 6.42. The molecule has 0 bridgehead atoms. The van der Waals surface area contributed by atoms with Gasteiger partial charge in [-0.15, -0.1) is 4.91 Å². The van der Waals surface area contributed by atoms with Crippen LogP contribution in [-0.2, 0) is 4.74 Å². The molecule has 1 aliphatic rings. The first-order chi connectivity index (χ1) is 8.71. The summed E-state index contributed by atoms with van der Waals surface area (Å²) >= 11 is 0. The summed E-state index contributed by atoms with van der Waals surface area (Å²) in [5.41, 5.74) is 0. The third-order valence-electron chi connectivity index (χ3n) is 3.16. The molecule has 0 radical (unpaired) electrons. The van der Waals surface area contributed by atoms with Crippen LogP contribution < -0.4 is 0 Å². The van der Waals surface area contributed by atoms with Crippen molar-refractivity contribution in [2.45, 2.75) is 13.8 Å². The molecule has 1 amide bonds. The maximum absolute atomic E-state index is 11.7. The second-order valence-corrected chi connectivity index (χ2v) is 4.16. The molecule has 0 aromatic carbocycles. The van der Waals surface area contributed by atoms with Crippen molar-refractivity contribution >= 4 is 6.09 Å². The van der Waals surface area contributed by atoms with Gasteiger partial charge in [-0.2, -0.15) is 0 Å². The lowest BCUT2D eigenvalue weighted by Crippen LogP contribution is -2.47. The lowest BCUT2D eigenvalue weighted by molar-refractivity contribution is 0.0699. The fraction of sp³-hybridized carbons (Fsp3) is 0.909. The number of rotatable bonds is 6. The molecule has 1 heterocycles. The molecule has 7 nitrogen and oxygen atoms in total. The Labute approximate surface area is 108 Å². The zero-order valence-electron chi connectivity index (χ0n) is 11.2. The van der Waals surface area contributed by atoms with E-state index in [0.29, 0.717) is 32.8 Å². The number of ether oxygens (including phenoxy) is 1. The van der Waals surface area contributed by atoms with Crippen LogP contribution in [-0.4, -0.2) is 73.3 Å². The Balaban J connectivity index is 2.19. The highest BCUT2D eigenvalue weighted by molar-refractivity contribution is 5.67. The van der Waals surface area contributed by atoms with E-state index in [4.69, 9.17) is 4.74 Å². The summed E-state index contributed by atoms with van der Waals surface area (Å²) in [6.07, 6.45) is -0.298. The summed E-state index contributed by atoms with van der Waals surface area (Å²) in [6, 6.07) is 0. The molecule has 0 aromatic heterocycles. The Morgan fingerprint density at radius 1 is 1.22 bits per heavy atom. The minimum absolute atomic E-state index is 0.298. The minimum Gasteiger partial charge on any atom is -0.448 e. The van der Waals surface area contributed by atoms with Crippen LogP contribution in [0.25, 0.3) is 0 Å². The summed E-state index contributed by atoms with van der Waals surface area (Å²) in [6.45, 7) is 9.19. The zero-order chi connectivity index (χ0) is 13.4. The Hall–Kier alpha value is -1.37. The molecule has 0 saturated carbocycles. The molecule has 1 saturated heterocycles. The number of likely N-dealkylation sites (N-methyl/N-ethyl adjacent to an activating group) is 1. The topological polar surface area (TPSA) is 65.5 Å². The fourth-order valence-electron chi connectivity index (χ4n) is 1.85. The monoisotopic (exact) mass is 258 g/mol. The van der Waals surface area contributed by atoms with E-state index in [1.165, 1.54) is 5.01 Å². The van der Waals surface area contributed by atoms with E-state index in [1.807, 2.05) is 0 Å². The summed E-state index contributed by atoms with van der Waals surface area (Å²) in [5, 5.41) is 4.26. The molecule has 104 valence electrons. The maximum atomic E-state index is 11.7. The van der Waals surface area contributed by atoms with Gasteiger partial charge in [-0.3, -0.25) is 5.01 Å². The van der Waals surface area contributed by atoms with Crippen LogP contribution >= 0.6 is 0 Å². The predicted octanol–water partition coefficient (Wildman–Crippen LogP) is 0.764. The van der Waals surface area contributed by atoms with E-state index in [1.54, 1.807) is 4.90 Å². The van der Waals surface area contributed by atoms with E-state index in [9.17, 15) is 9.70 Å². The van der Waals surface area contributed by atoms with E-state index >= 15 is 0 Å². The van der Waals surface area contributed by atoms with Gasteiger partial charge in [0.1, 0.15) is 6.61 Å². The molecule has 0 N–H and O–H groups in total. The van der Waals surface area contributed by atoms with Crippen molar-refractivity contribution in [3.63, 3.8) is 0 Å². The van der Waals surface area contributed by atoms with Crippen molar-refractivity contribution < 1.29 is 9.53 Å². The molecule has 0 spiro atoms. The van der Waals surface area contributed by atoms with Crippen molar-refractivity contribution in [2.75, 3.05) is 52.4 Å². The molecule has 0 unspecified atom stereocenters. The summed E-state index contributed by atoms with van der Waals surface area (Å²) in [7, 11) is 0. The van der Waals surface area contributed by atoms with Crippen molar-refractivity contribution in [3.8, 4) is 0 Å². The first kappa shape index (κ1) is 14.7. The number of hydrogen-bond acceptors (Lipinski definition) is 5. The van der Waals surface area contributed by atoms with Crippen LogP contribution in [0.5, 0.6) is 0 Å². The van der Waals surface area contributed by atoms with Crippen LogP contribution in [0.1, 0.15) is 13.8 Å². The lowest BCUT2D eigenvalue weighted by atomic mass is 10.4. The number of nitroso groups, excluding NO2 is 1. The summed E-state index contributed by atoms with van der Waals surface area (Å²) in [5.74, 6) is 0. The summed E-state index contributed by atoms with van der Waals surface area (Å²) < 4.78 is 5.20. The summed E-state index contributed by atoms with van der Waals surface area (Å²) in [4.78, 5) is 25.8. The van der Waals surface area contributed by atoms with Gasteiger partial charge in [0.15, 0.2) is 0 Å². The van der Waals surface area contributed by atoms with Crippen LogP contribution in [0.4, 0.5) is 4.79 Å². The van der Waals surface area contributed by atoms with Crippen LogP contribution in [0.2, 0.25) is 0 Å². The molecule has 18 heavy (non-hydrogen) atoms. The van der Waals surface area contributed by atoms with E-state index in [0.717, 1.165) is 19.6 Å². The van der Waals surface area contributed by atoms with Crippen molar-refractivity contribution in [1.29, 1.82) is 0 Å². The van der Waals surface area contributed by atoms with Crippen LogP contribution in [0, 0.1) is 4.91 Å². The van der Waals surface area contributed by atoms with Crippen LogP contribution in [0.3, 0.4) is 0 Å². The average Bonchev–Trinajstić information content (AvgIpc) is 2.43. The van der Waals surface area contributed by atoms with Gasteiger partial charge in [0, 0.05) is 19.6 Å². The smallest absolute Gasteiger partial charge is 0.409 e. The van der Waals surface area contributed by atoms with Crippen molar-refractivity contribution in [3.05, 3.63) is 4.91 Å². The van der Waals surface area contributed by atoms with Gasteiger partial charge in [0.05, 0.1) is 18.4 Å². The Bertz CT molecular complexity index is 263. The van der Waals surface area contributed by atoms with Gasteiger partial charge in [0.2, 0.25) is 0 Å². The maximum Gasteiger partial charge on any atom is 0.409 e. The highest BCUT2D eigenvalue weighted by Crippen LogP contribution is 2.03. The number of hydrogen-bond donors (Lipinski definition) is 0. The predicted molar refractivity (Wildman–Crippen MR) is 68.1 cm³/mol. The van der Waals surface area contributed by atoms with E-state index in [-0.39, 0.29) is 6.09 Å². The lowest BCUT2D eigenvalue weighted by Gasteiger charge is -2.30. The Morgan fingerprint density at radius 2 is 1.83 bits per heavy atom. The minimum atomic E-state index is -0.298. The molecule has 0 aromatic rings. The van der Waals surface area contributed by atoms with Gasteiger partial charge in [-0.05, 0) is 13.1 Å². The van der Waals surface area contributed by atoms with E-state index < -0.39 is 0 Å². The molecule has 0 aliphatic carbocycles. The fourth-order valence-corrected chi connectivity index (χ4v) is 1.85. The highest BCUT2D eigenvalue weighted by Gasteiger charge is 2.21. The quantitative estimate of drug-likeness (QED) is 0.658. The van der Waals surface area contributed by atoms with Gasteiger partial charge in [0.25, 0.3) is 0 Å².